The Kier molecular flexibility index (Phi) is 5.98. The summed E-state index contributed by atoms with van der Waals surface area (Å²) in [6.07, 6.45) is 1.60. The molecule has 2 unspecified atom stereocenters. The van der Waals surface area contributed by atoms with Crippen molar-refractivity contribution in [1.29, 1.82) is 0 Å². The topological polar surface area (TPSA) is 61.4 Å². The summed E-state index contributed by atoms with van der Waals surface area (Å²) < 4.78 is 0. The monoisotopic (exact) mass is 336 g/mol. The number of hydrogen-bond acceptors (Lipinski definition) is 3. The number of hydrogen-bond donors (Lipinski definition) is 3. The van der Waals surface area contributed by atoms with Crippen LogP contribution in [0.3, 0.4) is 0 Å². The van der Waals surface area contributed by atoms with Gasteiger partial charge in [-0.25, -0.2) is 4.79 Å². The van der Waals surface area contributed by atoms with Gasteiger partial charge in [0.15, 0.2) is 0 Å². The summed E-state index contributed by atoms with van der Waals surface area (Å²) in [6.45, 7) is 6.72. The Labute approximate surface area is 143 Å². The molecule has 1 saturated heterocycles. The van der Waals surface area contributed by atoms with E-state index >= 15 is 0 Å². The van der Waals surface area contributed by atoms with Crippen LogP contribution in [0.15, 0.2) is 30.3 Å². The van der Waals surface area contributed by atoms with Crippen LogP contribution in [-0.4, -0.2) is 40.8 Å². The van der Waals surface area contributed by atoms with Crippen LogP contribution < -0.4 is 10.6 Å². The molecule has 0 aromatic heterocycles. The number of carbonyl (C=O) groups excluding carboxylic acids is 1. The lowest BCUT2D eigenvalue weighted by Crippen LogP contribution is -2.49. The Hall–Kier alpha value is -1.20. The molecule has 1 heterocycles. The minimum absolute atomic E-state index is 0.00570. The first-order valence-corrected chi connectivity index (χ1v) is 9.36. The van der Waals surface area contributed by atoms with Crippen molar-refractivity contribution in [1.82, 2.24) is 10.6 Å². The third kappa shape index (κ3) is 5.43. The summed E-state index contributed by atoms with van der Waals surface area (Å²) in [5.41, 5.74) is 0.523. The third-order valence-corrected chi connectivity index (χ3v) is 5.64. The lowest BCUT2D eigenvalue weighted by Gasteiger charge is -2.29. The second-order valence-corrected chi connectivity index (χ2v) is 8.31. The van der Waals surface area contributed by atoms with Crippen LogP contribution in [0.25, 0.3) is 0 Å². The maximum absolute atomic E-state index is 12.0. The van der Waals surface area contributed by atoms with Gasteiger partial charge in [0.25, 0.3) is 0 Å². The fourth-order valence-corrected chi connectivity index (χ4v) is 4.37. The van der Waals surface area contributed by atoms with Gasteiger partial charge in [-0.15, -0.1) is 0 Å². The Morgan fingerprint density at radius 1 is 1.39 bits per heavy atom. The molecule has 23 heavy (non-hydrogen) atoms. The summed E-state index contributed by atoms with van der Waals surface area (Å²) in [5, 5.41) is 16.0. The smallest absolute Gasteiger partial charge is 0.315 e. The maximum Gasteiger partial charge on any atom is 0.315 e. The van der Waals surface area contributed by atoms with E-state index < -0.39 is 5.60 Å². The zero-order valence-corrected chi connectivity index (χ0v) is 15.1. The normalized spacial score (nSPS) is 22.6. The van der Waals surface area contributed by atoms with Crippen molar-refractivity contribution in [3.05, 3.63) is 35.9 Å². The van der Waals surface area contributed by atoms with Gasteiger partial charge in [-0.3, -0.25) is 0 Å². The van der Waals surface area contributed by atoms with Crippen molar-refractivity contribution in [2.45, 2.75) is 50.7 Å². The molecule has 128 valence electrons. The Morgan fingerprint density at radius 3 is 2.70 bits per heavy atom. The predicted octanol–water partition coefficient (Wildman–Crippen LogP) is 2.91. The van der Waals surface area contributed by atoms with E-state index in [2.05, 4.69) is 36.6 Å². The number of carbonyl (C=O) groups is 1. The molecule has 3 N–H and O–H groups in total. The molecule has 0 spiro atoms. The maximum atomic E-state index is 12.0. The average Bonchev–Trinajstić information content (AvgIpc) is 2.93. The van der Waals surface area contributed by atoms with Crippen LogP contribution in [0, 0.1) is 0 Å². The summed E-state index contributed by atoms with van der Waals surface area (Å²) in [5.74, 6) is 1.66. The van der Waals surface area contributed by atoms with Crippen LogP contribution in [0.2, 0.25) is 0 Å². The van der Waals surface area contributed by atoms with E-state index in [0.29, 0.717) is 12.3 Å². The van der Waals surface area contributed by atoms with Gasteiger partial charge < -0.3 is 15.7 Å². The van der Waals surface area contributed by atoms with Crippen LogP contribution in [-0.2, 0) is 5.41 Å². The fourth-order valence-electron chi connectivity index (χ4n) is 3.08. The van der Waals surface area contributed by atoms with Crippen LogP contribution in [0.4, 0.5) is 4.79 Å². The predicted molar refractivity (Wildman–Crippen MR) is 97.0 cm³/mol. The molecule has 2 amide bonds. The highest BCUT2D eigenvalue weighted by Crippen LogP contribution is 2.28. The SMILES string of the molecule is CC(CC(C)(C)c1ccccc1)NC(=O)NCC1(O)CCSC1. The third-order valence-electron chi connectivity index (χ3n) is 4.41. The molecule has 1 fully saturated rings. The van der Waals surface area contributed by atoms with E-state index in [0.717, 1.165) is 18.6 Å². The summed E-state index contributed by atoms with van der Waals surface area (Å²) >= 11 is 1.73. The second-order valence-electron chi connectivity index (χ2n) is 7.21. The zero-order chi connectivity index (χ0) is 16.9. The molecule has 0 bridgehead atoms. The highest BCUT2D eigenvalue weighted by molar-refractivity contribution is 7.99. The van der Waals surface area contributed by atoms with Gasteiger partial charge >= 0.3 is 6.03 Å². The molecule has 4 nitrogen and oxygen atoms in total. The summed E-state index contributed by atoms with van der Waals surface area (Å²) in [6, 6.07) is 10.2. The number of benzene rings is 1. The van der Waals surface area contributed by atoms with Crippen LogP contribution >= 0.6 is 11.8 Å². The van der Waals surface area contributed by atoms with Crippen molar-refractivity contribution in [3.63, 3.8) is 0 Å². The number of rotatable bonds is 6. The van der Waals surface area contributed by atoms with Crippen LogP contribution in [0.5, 0.6) is 0 Å². The molecule has 5 heteroatoms. The van der Waals surface area contributed by atoms with E-state index in [9.17, 15) is 9.90 Å². The number of aliphatic hydroxyl groups is 1. The zero-order valence-electron chi connectivity index (χ0n) is 14.3. The van der Waals surface area contributed by atoms with Crippen molar-refractivity contribution in [2.75, 3.05) is 18.1 Å². The Bertz CT molecular complexity index is 513. The first kappa shape index (κ1) is 18.1. The van der Waals surface area contributed by atoms with Crippen molar-refractivity contribution in [3.8, 4) is 0 Å². The van der Waals surface area contributed by atoms with E-state index in [1.807, 2.05) is 25.1 Å². The van der Waals surface area contributed by atoms with Gasteiger partial charge in [0.1, 0.15) is 0 Å². The second kappa shape index (κ2) is 7.58. The average molecular weight is 337 g/mol. The molecule has 2 atom stereocenters. The molecule has 1 aliphatic rings. The van der Waals surface area contributed by atoms with Crippen molar-refractivity contribution >= 4 is 17.8 Å². The molecule has 0 aliphatic carbocycles. The van der Waals surface area contributed by atoms with E-state index in [1.54, 1.807) is 11.8 Å². The standard InChI is InChI=1S/C18H28N2O2S/c1-14(11-17(2,3)15-7-5-4-6-8-15)20-16(21)19-12-18(22)9-10-23-13-18/h4-8,14,22H,9-13H2,1-3H3,(H2,19,20,21). The van der Waals surface area contributed by atoms with Gasteiger partial charge in [-0.2, -0.15) is 11.8 Å². The molecular formula is C18H28N2O2S. The van der Waals surface area contributed by atoms with Gasteiger partial charge in [-0.05, 0) is 36.5 Å². The quantitative estimate of drug-likeness (QED) is 0.748. The molecule has 0 saturated carbocycles. The lowest BCUT2D eigenvalue weighted by molar-refractivity contribution is 0.0698. The first-order valence-electron chi connectivity index (χ1n) is 8.21. The summed E-state index contributed by atoms with van der Waals surface area (Å²) in [7, 11) is 0. The molecule has 1 aromatic rings. The van der Waals surface area contributed by atoms with Gasteiger partial charge in [0.05, 0.1) is 5.60 Å². The number of nitrogens with one attached hydrogen (secondary N) is 2. The molecule has 2 rings (SSSR count). The highest BCUT2D eigenvalue weighted by atomic mass is 32.2. The largest absolute Gasteiger partial charge is 0.387 e. The van der Waals surface area contributed by atoms with Gasteiger partial charge in [-0.1, -0.05) is 44.2 Å². The van der Waals surface area contributed by atoms with E-state index in [1.165, 1.54) is 5.56 Å². The number of thioether (sulfide) groups is 1. The number of urea groups is 1. The fraction of sp³-hybridized carbons (Fsp3) is 0.611. The van der Waals surface area contributed by atoms with Crippen LogP contribution in [0.1, 0.15) is 39.2 Å². The minimum atomic E-state index is -0.742. The lowest BCUT2D eigenvalue weighted by atomic mass is 9.79. The van der Waals surface area contributed by atoms with Crippen molar-refractivity contribution < 1.29 is 9.90 Å². The molecule has 1 aromatic carbocycles. The molecule has 1 aliphatic heterocycles. The Balaban J connectivity index is 1.79. The number of amides is 2. The van der Waals surface area contributed by atoms with Gasteiger partial charge in [0, 0.05) is 18.3 Å². The summed E-state index contributed by atoms with van der Waals surface area (Å²) in [4.78, 5) is 12.0. The highest BCUT2D eigenvalue weighted by Gasteiger charge is 2.32. The Morgan fingerprint density at radius 2 is 2.09 bits per heavy atom. The van der Waals surface area contributed by atoms with E-state index in [-0.39, 0.29) is 17.5 Å². The van der Waals surface area contributed by atoms with E-state index in [4.69, 9.17) is 0 Å². The van der Waals surface area contributed by atoms with Gasteiger partial charge in [0.2, 0.25) is 0 Å². The molecule has 0 radical (unpaired) electrons. The first-order chi connectivity index (χ1) is 10.8. The molecular weight excluding hydrogens is 308 g/mol. The minimum Gasteiger partial charge on any atom is -0.387 e. The van der Waals surface area contributed by atoms with Crippen molar-refractivity contribution in [2.24, 2.45) is 0 Å².